The van der Waals surface area contributed by atoms with Crippen molar-refractivity contribution in [1.82, 2.24) is 0 Å². The van der Waals surface area contributed by atoms with Crippen LogP contribution in [0.15, 0.2) is 18.2 Å². The van der Waals surface area contributed by atoms with Gasteiger partial charge in [-0.05, 0) is 38.3 Å². The molecule has 17 heavy (non-hydrogen) atoms. The normalized spacial score (nSPS) is 12.2. The van der Waals surface area contributed by atoms with Gasteiger partial charge in [0.15, 0.2) is 0 Å². The summed E-state index contributed by atoms with van der Waals surface area (Å²) in [5.74, 6) is -1.41. The smallest absolute Gasteiger partial charge is 0.304 e. The van der Waals surface area contributed by atoms with Gasteiger partial charge in [-0.1, -0.05) is 23.8 Å². The highest BCUT2D eigenvalue weighted by Crippen LogP contribution is 2.18. The standard InChI is InChI=1S/C14H18O3/c1-9-4-5-12(10(2)6-9)7-13(11(3)15)8-14(16)17/h4-6,13H,7-8H2,1-3H3,(H,16,17). The van der Waals surface area contributed by atoms with Crippen molar-refractivity contribution in [1.29, 1.82) is 0 Å². The molecular weight excluding hydrogens is 216 g/mol. The van der Waals surface area contributed by atoms with Crippen molar-refractivity contribution in [2.45, 2.75) is 33.6 Å². The summed E-state index contributed by atoms with van der Waals surface area (Å²) in [5, 5.41) is 8.77. The predicted octanol–water partition coefficient (Wildman–Crippen LogP) is 2.53. The van der Waals surface area contributed by atoms with Gasteiger partial charge in [0.05, 0.1) is 6.42 Å². The van der Waals surface area contributed by atoms with E-state index in [0.29, 0.717) is 6.42 Å². The number of hydrogen-bond acceptors (Lipinski definition) is 2. The van der Waals surface area contributed by atoms with Gasteiger partial charge < -0.3 is 5.11 Å². The van der Waals surface area contributed by atoms with Gasteiger partial charge in [-0.25, -0.2) is 0 Å². The Hall–Kier alpha value is -1.64. The monoisotopic (exact) mass is 234 g/mol. The third kappa shape index (κ3) is 4.02. The molecule has 1 rings (SSSR count). The number of rotatable bonds is 5. The third-order valence-electron chi connectivity index (χ3n) is 2.96. The molecule has 0 bridgehead atoms. The maximum Gasteiger partial charge on any atom is 0.304 e. The summed E-state index contributed by atoms with van der Waals surface area (Å²) < 4.78 is 0. The Morgan fingerprint density at radius 1 is 1.29 bits per heavy atom. The van der Waals surface area contributed by atoms with Crippen molar-refractivity contribution >= 4 is 11.8 Å². The molecule has 1 atom stereocenters. The number of Topliss-reactive ketones (excluding diaryl/α,β-unsaturated/α-hetero) is 1. The molecule has 1 unspecified atom stereocenters. The topological polar surface area (TPSA) is 54.4 Å². The minimum atomic E-state index is -0.921. The van der Waals surface area contributed by atoms with Crippen molar-refractivity contribution < 1.29 is 14.7 Å². The molecule has 0 saturated carbocycles. The molecule has 0 radical (unpaired) electrons. The van der Waals surface area contributed by atoms with E-state index in [1.807, 2.05) is 32.0 Å². The highest BCUT2D eigenvalue weighted by Gasteiger charge is 2.19. The second-order valence-electron chi connectivity index (χ2n) is 4.54. The van der Waals surface area contributed by atoms with Gasteiger partial charge in [0.25, 0.3) is 0 Å². The molecule has 1 aromatic carbocycles. The summed E-state index contributed by atoms with van der Waals surface area (Å²) in [6, 6.07) is 6.01. The number of benzene rings is 1. The van der Waals surface area contributed by atoms with Crippen molar-refractivity contribution in [2.75, 3.05) is 0 Å². The third-order valence-corrected chi connectivity index (χ3v) is 2.96. The van der Waals surface area contributed by atoms with Gasteiger partial charge >= 0.3 is 5.97 Å². The zero-order valence-corrected chi connectivity index (χ0v) is 10.5. The summed E-state index contributed by atoms with van der Waals surface area (Å²) in [6.07, 6.45) is 0.413. The highest BCUT2D eigenvalue weighted by molar-refractivity contribution is 5.83. The predicted molar refractivity (Wildman–Crippen MR) is 66.0 cm³/mol. The van der Waals surface area contributed by atoms with E-state index in [1.54, 1.807) is 0 Å². The molecule has 0 aliphatic heterocycles. The van der Waals surface area contributed by atoms with E-state index >= 15 is 0 Å². The van der Waals surface area contributed by atoms with E-state index in [1.165, 1.54) is 12.5 Å². The van der Waals surface area contributed by atoms with Crippen LogP contribution in [0.25, 0.3) is 0 Å². The van der Waals surface area contributed by atoms with Crippen LogP contribution < -0.4 is 0 Å². The van der Waals surface area contributed by atoms with Crippen LogP contribution >= 0.6 is 0 Å². The van der Waals surface area contributed by atoms with Gasteiger partial charge in [-0.3, -0.25) is 9.59 Å². The molecule has 0 aromatic heterocycles. The Morgan fingerprint density at radius 3 is 2.41 bits per heavy atom. The molecule has 0 aliphatic rings. The first-order valence-electron chi connectivity index (χ1n) is 5.68. The van der Waals surface area contributed by atoms with Crippen molar-refractivity contribution in [3.63, 3.8) is 0 Å². The second-order valence-corrected chi connectivity index (χ2v) is 4.54. The molecule has 0 amide bonds. The van der Waals surface area contributed by atoms with Crippen LogP contribution in [-0.2, 0) is 16.0 Å². The van der Waals surface area contributed by atoms with Crippen LogP contribution in [-0.4, -0.2) is 16.9 Å². The van der Waals surface area contributed by atoms with E-state index in [0.717, 1.165) is 11.1 Å². The van der Waals surface area contributed by atoms with Gasteiger partial charge in [-0.2, -0.15) is 0 Å². The fourth-order valence-corrected chi connectivity index (χ4v) is 1.91. The van der Waals surface area contributed by atoms with E-state index in [2.05, 4.69) is 0 Å². The van der Waals surface area contributed by atoms with Crippen molar-refractivity contribution in [2.24, 2.45) is 5.92 Å². The molecule has 3 nitrogen and oxygen atoms in total. The van der Waals surface area contributed by atoms with Gasteiger partial charge in [0.1, 0.15) is 5.78 Å². The first-order valence-corrected chi connectivity index (χ1v) is 5.68. The Labute approximate surface area is 101 Å². The fourth-order valence-electron chi connectivity index (χ4n) is 1.91. The molecule has 3 heteroatoms. The summed E-state index contributed by atoms with van der Waals surface area (Å²) in [7, 11) is 0. The lowest BCUT2D eigenvalue weighted by Gasteiger charge is -2.13. The molecule has 0 aliphatic carbocycles. The first kappa shape index (κ1) is 13.4. The summed E-state index contributed by atoms with van der Waals surface area (Å²) in [6.45, 7) is 5.45. The maximum atomic E-state index is 11.4. The minimum Gasteiger partial charge on any atom is -0.481 e. The number of carbonyl (C=O) groups excluding carboxylic acids is 1. The second kappa shape index (κ2) is 5.62. The van der Waals surface area contributed by atoms with E-state index < -0.39 is 11.9 Å². The zero-order chi connectivity index (χ0) is 13.0. The van der Waals surface area contributed by atoms with Crippen LogP contribution in [0.3, 0.4) is 0 Å². The van der Waals surface area contributed by atoms with Gasteiger partial charge in [0, 0.05) is 5.92 Å². The molecular formula is C14H18O3. The largest absolute Gasteiger partial charge is 0.481 e. The maximum absolute atomic E-state index is 11.4. The lowest BCUT2D eigenvalue weighted by Crippen LogP contribution is -2.18. The highest BCUT2D eigenvalue weighted by atomic mass is 16.4. The van der Waals surface area contributed by atoms with Crippen LogP contribution in [0.5, 0.6) is 0 Å². The Balaban J connectivity index is 2.86. The van der Waals surface area contributed by atoms with E-state index in [4.69, 9.17) is 5.11 Å². The minimum absolute atomic E-state index is 0.0626. The van der Waals surface area contributed by atoms with Crippen molar-refractivity contribution in [3.8, 4) is 0 Å². The lowest BCUT2D eigenvalue weighted by molar-refractivity contribution is -0.140. The Bertz CT molecular complexity index is 435. The molecule has 0 saturated heterocycles. The molecule has 0 heterocycles. The van der Waals surface area contributed by atoms with Crippen molar-refractivity contribution in [3.05, 3.63) is 34.9 Å². The Kier molecular flexibility index (Phi) is 4.44. The van der Waals surface area contributed by atoms with E-state index in [-0.39, 0.29) is 12.2 Å². The average molecular weight is 234 g/mol. The number of carboxylic acid groups (broad SMARTS) is 1. The summed E-state index contributed by atoms with van der Waals surface area (Å²) >= 11 is 0. The molecule has 1 N–H and O–H groups in total. The van der Waals surface area contributed by atoms with Gasteiger partial charge in [-0.15, -0.1) is 0 Å². The molecule has 1 aromatic rings. The van der Waals surface area contributed by atoms with Crippen LogP contribution in [0.2, 0.25) is 0 Å². The first-order chi connectivity index (χ1) is 7.90. The number of aliphatic carboxylic acids is 1. The zero-order valence-electron chi connectivity index (χ0n) is 10.5. The summed E-state index contributed by atoms with van der Waals surface area (Å²) in [5.41, 5.74) is 3.34. The van der Waals surface area contributed by atoms with E-state index in [9.17, 15) is 9.59 Å². The average Bonchev–Trinajstić information content (AvgIpc) is 2.19. The number of aryl methyl sites for hydroxylation is 2. The quantitative estimate of drug-likeness (QED) is 0.851. The number of hydrogen-bond donors (Lipinski definition) is 1. The van der Waals surface area contributed by atoms with Crippen LogP contribution in [0.1, 0.15) is 30.0 Å². The number of carboxylic acids is 1. The Morgan fingerprint density at radius 2 is 1.94 bits per heavy atom. The molecule has 0 spiro atoms. The molecule has 92 valence electrons. The molecule has 0 fully saturated rings. The lowest BCUT2D eigenvalue weighted by atomic mass is 9.90. The van der Waals surface area contributed by atoms with Crippen LogP contribution in [0.4, 0.5) is 0 Å². The van der Waals surface area contributed by atoms with Crippen LogP contribution in [0, 0.1) is 19.8 Å². The van der Waals surface area contributed by atoms with Gasteiger partial charge in [0.2, 0.25) is 0 Å². The summed E-state index contributed by atoms with van der Waals surface area (Å²) in [4.78, 5) is 22.1. The fraction of sp³-hybridized carbons (Fsp3) is 0.429. The number of ketones is 1. The SMILES string of the molecule is CC(=O)C(CC(=O)O)Cc1ccc(C)cc1C. The number of carbonyl (C=O) groups is 2.